The summed E-state index contributed by atoms with van der Waals surface area (Å²) in [6.45, 7) is 6.06. The third-order valence-corrected chi connectivity index (χ3v) is 5.18. The number of benzene rings is 2. The normalized spacial score (nSPS) is 13.8. The zero-order valence-corrected chi connectivity index (χ0v) is 17.2. The maximum absolute atomic E-state index is 4.79. The minimum absolute atomic E-state index is 0. The number of anilines is 1. The van der Waals surface area contributed by atoms with Crippen molar-refractivity contribution in [3.05, 3.63) is 78.9 Å². The number of hydrogen-bond acceptors (Lipinski definition) is 3. The van der Waals surface area contributed by atoms with Gasteiger partial charge in [-0.2, -0.15) is 5.10 Å². The largest absolute Gasteiger partial charge is 1.00 e. The monoisotopic (exact) mass is 429 g/mol. The van der Waals surface area contributed by atoms with Crippen molar-refractivity contribution in [3.63, 3.8) is 0 Å². The predicted molar refractivity (Wildman–Crippen MR) is 110 cm³/mol. The number of nitrogens with zero attached hydrogens (tertiary/aromatic N) is 2. The van der Waals surface area contributed by atoms with Crippen LogP contribution in [0.4, 0.5) is 5.69 Å². The average Bonchev–Trinajstić information content (AvgIpc) is 3.20. The van der Waals surface area contributed by atoms with Gasteiger partial charge in [-0.25, -0.2) is 4.58 Å². The molecule has 1 aliphatic heterocycles. The average molecular weight is 430 g/mol. The van der Waals surface area contributed by atoms with Gasteiger partial charge in [0.05, 0.1) is 5.69 Å². The summed E-state index contributed by atoms with van der Waals surface area (Å²) in [4.78, 5) is 0. The molecule has 2 aromatic rings. The van der Waals surface area contributed by atoms with Gasteiger partial charge in [-0.05, 0) is 12.1 Å². The smallest absolute Gasteiger partial charge is 0.263 e. The highest BCUT2D eigenvalue weighted by Crippen LogP contribution is 2.17. The molecule has 0 atom stereocenters. The van der Waals surface area contributed by atoms with Gasteiger partial charge in [0.2, 0.25) is 0 Å². The van der Waals surface area contributed by atoms with Crippen LogP contribution in [0.15, 0.2) is 78.4 Å². The van der Waals surface area contributed by atoms with Crippen LogP contribution in [0.2, 0.25) is 0 Å². The molecule has 0 bridgehead atoms. The minimum atomic E-state index is 0. The molecular formula is C21H24BrN3S. The Bertz CT molecular complexity index is 749. The van der Waals surface area contributed by atoms with Crippen molar-refractivity contribution in [2.75, 3.05) is 24.3 Å². The van der Waals surface area contributed by atoms with E-state index in [-0.39, 0.29) is 17.0 Å². The third-order valence-electron chi connectivity index (χ3n) is 4.05. The van der Waals surface area contributed by atoms with Crippen molar-refractivity contribution in [1.29, 1.82) is 0 Å². The molecular weight excluding hydrogens is 406 g/mol. The second-order valence-corrected chi connectivity index (χ2v) is 6.91. The van der Waals surface area contributed by atoms with E-state index in [2.05, 4.69) is 40.8 Å². The second kappa shape index (κ2) is 11.0. The summed E-state index contributed by atoms with van der Waals surface area (Å²) >= 11 is 1.81. The van der Waals surface area contributed by atoms with Crippen LogP contribution in [0, 0.1) is 0 Å². The summed E-state index contributed by atoms with van der Waals surface area (Å²) < 4.78 is 2.45. The number of nitrogens with one attached hydrogen (secondary N) is 1. The van der Waals surface area contributed by atoms with Crippen LogP contribution >= 0.6 is 11.8 Å². The van der Waals surface area contributed by atoms with E-state index in [0.717, 1.165) is 35.8 Å². The predicted octanol–water partition coefficient (Wildman–Crippen LogP) is 1.63. The van der Waals surface area contributed by atoms with Gasteiger partial charge in [0.25, 0.3) is 5.04 Å². The van der Waals surface area contributed by atoms with Crippen molar-refractivity contribution in [2.24, 2.45) is 5.10 Å². The lowest BCUT2D eigenvalue weighted by atomic mass is 10.1. The van der Waals surface area contributed by atoms with Gasteiger partial charge in [-0.1, -0.05) is 66.4 Å². The SMILES string of the molecule is C=CCSC(C(=NNc1ccccc1)c1ccccc1)=[N+]1CCCC1.[Br-]. The van der Waals surface area contributed by atoms with Crippen molar-refractivity contribution in [1.82, 2.24) is 0 Å². The summed E-state index contributed by atoms with van der Waals surface area (Å²) in [5, 5.41) is 6.02. The Balaban J connectivity index is 0.00000243. The van der Waals surface area contributed by atoms with Crippen molar-refractivity contribution >= 4 is 28.2 Å². The zero-order valence-electron chi connectivity index (χ0n) is 14.8. The van der Waals surface area contributed by atoms with Crippen molar-refractivity contribution in [3.8, 4) is 0 Å². The summed E-state index contributed by atoms with van der Waals surface area (Å²) in [5.74, 6) is 0.878. The lowest BCUT2D eigenvalue weighted by molar-refractivity contribution is -0.501. The molecule has 0 saturated carbocycles. The first-order valence-corrected chi connectivity index (χ1v) is 9.67. The highest BCUT2D eigenvalue weighted by molar-refractivity contribution is 8.15. The van der Waals surface area contributed by atoms with Crippen LogP contribution in [-0.4, -0.2) is 34.2 Å². The van der Waals surface area contributed by atoms with Crippen LogP contribution in [0.25, 0.3) is 0 Å². The number of para-hydroxylation sites is 1. The van der Waals surface area contributed by atoms with Crippen LogP contribution in [0.5, 0.6) is 0 Å². The molecule has 0 unspecified atom stereocenters. The number of hydrazone groups is 1. The molecule has 1 saturated heterocycles. The maximum Gasteiger partial charge on any atom is 0.263 e. The Morgan fingerprint density at radius 1 is 1.04 bits per heavy atom. The lowest BCUT2D eigenvalue weighted by Crippen LogP contribution is -3.00. The molecule has 1 N–H and O–H groups in total. The minimum Gasteiger partial charge on any atom is -1.00 e. The fourth-order valence-corrected chi connectivity index (χ4v) is 3.77. The van der Waals surface area contributed by atoms with Crippen molar-refractivity contribution < 1.29 is 21.6 Å². The fraction of sp³-hybridized carbons (Fsp3) is 0.238. The molecule has 2 aromatic carbocycles. The summed E-state index contributed by atoms with van der Waals surface area (Å²) in [5.41, 5.74) is 6.34. The van der Waals surface area contributed by atoms with Gasteiger partial charge < -0.3 is 17.0 Å². The summed E-state index contributed by atoms with van der Waals surface area (Å²) in [6, 6.07) is 20.5. The second-order valence-electron chi connectivity index (χ2n) is 5.90. The Morgan fingerprint density at radius 2 is 1.65 bits per heavy atom. The van der Waals surface area contributed by atoms with E-state index in [4.69, 9.17) is 5.10 Å². The molecule has 136 valence electrons. The number of thioether (sulfide) groups is 1. The molecule has 3 nitrogen and oxygen atoms in total. The van der Waals surface area contributed by atoms with E-state index >= 15 is 0 Å². The maximum atomic E-state index is 4.79. The fourth-order valence-electron chi connectivity index (χ4n) is 2.83. The topological polar surface area (TPSA) is 27.4 Å². The van der Waals surface area contributed by atoms with E-state index in [1.807, 2.05) is 54.2 Å². The lowest BCUT2D eigenvalue weighted by Gasteiger charge is -2.10. The Morgan fingerprint density at radius 3 is 2.27 bits per heavy atom. The van der Waals surface area contributed by atoms with Gasteiger partial charge in [-0.15, -0.1) is 6.58 Å². The van der Waals surface area contributed by atoms with Gasteiger partial charge >= 0.3 is 0 Å². The summed E-state index contributed by atoms with van der Waals surface area (Å²) in [7, 11) is 0. The van der Waals surface area contributed by atoms with E-state index in [9.17, 15) is 0 Å². The Hall–Kier alpha value is -1.85. The Labute approximate surface area is 170 Å². The third kappa shape index (κ3) is 5.58. The molecule has 3 rings (SSSR count). The van der Waals surface area contributed by atoms with E-state index in [1.54, 1.807) is 0 Å². The van der Waals surface area contributed by atoms with E-state index in [0.29, 0.717) is 0 Å². The Kier molecular flexibility index (Phi) is 8.65. The molecule has 0 spiro atoms. The molecule has 5 heteroatoms. The molecule has 0 radical (unpaired) electrons. The van der Waals surface area contributed by atoms with Crippen LogP contribution in [0.3, 0.4) is 0 Å². The summed E-state index contributed by atoms with van der Waals surface area (Å²) in [6.07, 6.45) is 4.44. The highest BCUT2D eigenvalue weighted by atomic mass is 79.9. The molecule has 0 amide bonds. The van der Waals surface area contributed by atoms with Crippen LogP contribution in [-0.2, 0) is 0 Å². The first kappa shape index (κ1) is 20.5. The standard InChI is InChI=1S/C21H23N3S.BrH/c1-2-17-25-21(24-15-9-10-16-24)20(18-11-5-3-6-12-18)23-22-19-13-7-4-8-14-19;/h2-8,11-14H,1,9-10,15-17H2;1H. The first-order valence-electron chi connectivity index (χ1n) is 8.68. The van der Waals surface area contributed by atoms with E-state index < -0.39 is 0 Å². The van der Waals surface area contributed by atoms with Gasteiger partial charge in [0.15, 0.2) is 5.71 Å². The molecule has 1 heterocycles. The first-order chi connectivity index (χ1) is 12.4. The molecule has 0 aromatic heterocycles. The number of halogens is 1. The van der Waals surface area contributed by atoms with Gasteiger partial charge in [0, 0.05) is 24.2 Å². The zero-order chi connectivity index (χ0) is 17.3. The molecule has 1 fully saturated rings. The molecule has 1 aliphatic rings. The quantitative estimate of drug-likeness (QED) is 0.248. The molecule has 0 aliphatic carbocycles. The molecule has 26 heavy (non-hydrogen) atoms. The van der Waals surface area contributed by atoms with E-state index in [1.165, 1.54) is 17.9 Å². The number of hydrogen-bond donors (Lipinski definition) is 1. The highest BCUT2D eigenvalue weighted by Gasteiger charge is 2.26. The van der Waals surface area contributed by atoms with Crippen LogP contribution in [0.1, 0.15) is 18.4 Å². The van der Waals surface area contributed by atoms with Crippen LogP contribution < -0.4 is 22.4 Å². The van der Waals surface area contributed by atoms with Crippen molar-refractivity contribution in [2.45, 2.75) is 12.8 Å². The number of rotatable bonds is 6. The van der Waals surface area contributed by atoms with Gasteiger partial charge in [0.1, 0.15) is 13.1 Å². The van der Waals surface area contributed by atoms with Gasteiger partial charge in [-0.3, -0.25) is 5.43 Å².